The molecule has 0 amide bonds. The van der Waals surface area contributed by atoms with Gasteiger partial charge in [0.15, 0.2) is 9.84 Å². The quantitative estimate of drug-likeness (QED) is 0.573. The SMILES string of the molecule is O=S1(=O)CC[C@H](O)[C@@H]1Br. The minimum atomic E-state index is -3.01. The molecule has 54 valence electrons. The molecule has 5 heteroatoms. The number of alkyl halides is 1. The highest BCUT2D eigenvalue weighted by Gasteiger charge is 2.36. The molecule has 3 nitrogen and oxygen atoms in total. The molecule has 1 saturated heterocycles. The standard InChI is InChI=1S/C4H7BrO3S/c5-4-3(6)1-2-9(4,7)8/h3-4,6H,1-2H2/t3-,4+/m0/s1. The van der Waals surface area contributed by atoms with E-state index in [1.165, 1.54) is 0 Å². The van der Waals surface area contributed by atoms with Crippen LogP contribution in [0.2, 0.25) is 0 Å². The number of sulfone groups is 1. The average Bonchev–Trinajstić information content (AvgIpc) is 1.97. The van der Waals surface area contributed by atoms with E-state index in [4.69, 9.17) is 5.11 Å². The summed E-state index contributed by atoms with van der Waals surface area (Å²) in [7, 11) is -3.01. The van der Waals surface area contributed by atoms with Crippen LogP contribution in [0.25, 0.3) is 0 Å². The summed E-state index contributed by atoms with van der Waals surface area (Å²) in [6, 6.07) is 0. The Balaban J connectivity index is 2.87. The van der Waals surface area contributed by atoms with Crippen LogP contribution in [0.4, 0.5) is 0 Å². The summed E-state index contributed by atoms with van der Waals surface area (Å²) in [5.74, 6) is 0.101. The third-order valence-electron chi connectivity index (χ3n) is 1.34. The van der Waals surface area contributed by atoms with Crippen molar-refractivity contribution in [2.24, 2.45) is 0 Å². The fourth-order valence-electron chi connectivity index (χ4n) is 0.768. The largest absolute Gasteiger partial charge is 0.391 e. The molecule has 0 spiro atoms. The van der Waals surface area contributed by atoms with Crippen LogP contribution in [0.1, 0.15) is 6.42 Å². The van der Waals surface area contributed by atoms with E-state index in [2.05, 4.69) is 15.9 Å². The van der Waals surface area contributed by atoms with Gasteiger partial charge in [-0.15, -0.1) is 0 Å². The van der Waals surface area contributed by atoms with Crippen LogP contribution in [0.3, 0.4) is 0 Å². The van der Waals surface area contributed by atoms with E-state index >= 15 is 0 Å². The van der Waals surface area contributed by atoms with Crippen LogP contribution in [-0.4, -0.2) is 29.5 Å². The van der Waals surface area contributed by atoms with Crippen molar-refractivity contribution in [3.05, 3.63) is 0 Å². The maximum atomic E-state index is 10.8. The lowest BCUT2D eigenvalue weighted by Gasteiger charge is -2.02. The van der Waals surface area contributed by atoms with Gasteiger partial charge in [-0.1, -0.05) is 15.9 Å². The zero-order chi connectivity index (χ0) is 7.07. The molecule has 0 radical (unpaired) electrons. The van der Waals surface area contributed by atoms with E-state index in [1.807, 2.05) is 0 Å². The van der Waals surface area contributed by atoms with E-state index < -0.39 is 20.1 Å². The Morgan fingerprint density at radius 2 is 2.11 bits per heavy atom. The molecule has 0 bridgehead atoms. The molecule has 1 fully saturated rings. The van der Waals surface area contributed by atoms with E-state index in [-0.39, 0.29) is 5.75 Å². The van der Waals surface area contributed by atoms with E-state index in [0.29, 0.717) is 6.42 Å². The van der Waals surface area contributed by atoms with Gasteiger partial charge in [0.1, 0.15) is 4.16 Å². The molecule has 0 aliphatic carbocycles. The molecule has 9 heavy (non-hydrogen) atoms. The lowest BCUT2D eigenvalue weighted by atomic mass is 10.3. The number of aliphatic hydroxyl groups is 1. The molecule has 1 heterocycles. The summed E-state index contributed by atoms with van der Waals surface area (Å²) in [5, 5.41) is 8.91. The third-order valence-corrected chi connectivity index (χ3v) is 5.47. The smallest absolute Gasteiger partial charge is 0.165 e. The Bertz CT molecular complexity index is 198. The van der Waals surface area contributed by atoms with E-state index in [9.17, 15) is 8.42 Å². The van der Waals surface area contributed by atoms with E-state index in [0.717, 1.165) is 0 Å². The first-order chi connectivity index (χ1) is 4.04. The molecule has 1 rings (SSSR count). The monoisotopic (exact) mass is 214 g/mol. The number of hydrogen-bond acceptors (Lipinski definition) is 3. The first kappa shape index (κ1) is 7.50. The van der Waals surface area contributed by atoms with Gasteiger partial charge in [-0.2, -0.15) is 0 Å². The minimum Gasteiger partial charge on any atom is -0.391 e. The predicted molar refractivity (Wildman–Crippen MR) is 37.1 cm³/mol. The van der Waals surface area contributed by atoms with Crippen molar-refractivity contribution in [2.75, 3.05) is 5.75 Å². The maximum absolute atomic E-state index is 10.8. The fraction of sp³-hybridized carbons (Fsp3) is 1.00. The predicted octanol–water partition coefficient (Wildman–Crippen LogP) is -0.113. The van der Waals surface area contributed by atoms with Crippen LogP contribution in [-0.2, 0) is 9.84 Å². The minimum absolute atomic E-state index is 0.101. The number of hydrogen-bond donors (Lipinski definition) is 1. The summed E-state index contributed by atoms with van der Waals surface area (Å²) in [4.78, 5) is 0. The molecule has 0 aromatic rings. The lowest BCUT2D eigenvalue weighted by molar-refractivity contribution is 0.196. The molecule has 1 aliphatic heterocycles. The molecular formula is C4H7BrO3S. The number of halogens is 1. The van der Waals surface area contributed by atoms with Gasteiger partial charge in [0.25, 0.3) is 0 Å². The molecule has 1 N–H and O–H groups in total. The zero-order valence-corrected chi connectivity index (χ0v) is 7.02. The maximum Gasteiger partial charge on any atom is 0.165 e. The Morgan fingerprint density at radius 3 is 2.22 bits per heavy atom. The molecule has 0 aromatic carbocycles. The molecule has 2 atom stereocenters. The molecule has 0 saturated carbocycles. The van der Waals surface area contributed by atoms with Gasteiger partial charge >= 0.3 is 0 Å². The van der Waals surface area contributed by atoms with Crippen LogP contribution in [0, 0.1) is 0 Å². The normalized spacial score (nSPS) is 41.1. The van der Waals surface area contributed by atoms with Crippen molar-refractivity contribution in [1.82, 2.24) is 0 Å². The summed E-state index contributed by atoms with van der Waals surface area (Å²) in [6.07, 6.45) is -0.354. The van der Waals surface area contributed by atoms with Crippen molar-refractivity contribution >= 4 is 25.8 Å². The van der Waals surface area contributed by atoms with Crippen molar-refractivity contribution in [3.8, 4) is 0 Å². The highest BCUT2D eigenvalue weighted by molar-refractivity contribution is 9.11. The van der Waals surface area contributed by atoms with Gasteiger partial charge in [-0.3, -0.25) is 0 Å². The topological polar surface area (TPSA) is 54.4 Å². The van der Waals surface area contributed by atoms with Crippen LogP contribution in [0.5, 0.6) is 0 Å². The van der Waals surface area contributed by atoms with Crippen LogP contribution < -0.4 is 0 Å². The van der Waals surface area contributed by atoms with Crippen LogP contribution in [0.15, 0.2) is 0 Å². The Kier molecular flexibility index (Phi) is 1.84. The van der Waals surface area contributed by atoms with Gasteiger partial charge in [0.2, 0.25) is 0 Å². The van der Waals surface area contributed by atoms with Gasteiger partial charge < -0.3 is 5.11 Å². The Hall–Kier alpha value is 0.390. The second-order valence-electron chi connectivity index (χ2n) is 2.07. The summed E-state index contributed by atoms with van der Waals surface area (Å²) >= 11 is 2.89. The molecule has 0 unspecified atom stereocenters. The average molecular weight is 215 g/mol. The van der Waals surface area contributed by atoms with Crippen molar-refractivity contribution in [2.45, 2.75) is 16.7 Å². The highest BCUT2D eigenvalue weighted by Crippen LogP contribution is 2.24. The molecule has 0 aromatic heterocycles. The Labute approximate surface area is 62.1 Å². The summed E-state index contributed by atoms with van der Waals surface area (Å²) in [6.45, 7) is 0. The summed E-state index contributed by atoms with van der Waals surface area (Å²) < 4.78 is 20.8. The van der Waals surface area contributed by atoms with Gasteiger partial charge in [-0.25, -0.2) is 8.42 Å². The lowest BCUT2D eigenvalue weighted by Crippen LogP contribution is -2.18. The van der Waals surface area contributed by atoms with Crippen molar-refractivity contribution in [3.63, 3.8) is 0 Å². The second kappa shape index (κ2) is 2.21. The Morgan fingerprint density at radius 1 is 1.56 bits per heavy atom. The van der Waals surface area contributed by atoms with Gasteiger partial charge in [0.05, 0.1) is 11.9 Å². The molecular weight excluding hydrogens is 208 g/mol. The van der Waals surface area contributed by atoms with E-state index in [1.54, 1.807) is 0 Å². The second-order valence-corrected chi connectivity index (χ2v) is 5.91. The first-order valence-corrected chi connectivity index (χ1v) is 5.21. The van der Waals surface area contributed by atoms with Crippen molar-refractivity contribution in [1.29, 1.82) is 0 Å². The third kappa shape index (κ3) is 1.28. The zero-order valence-electron chi connectivity index (χ0n) is 4.62. The van der Waals surface area contributed by atoms with Gasteiger partial charge in [-0.05, 0) is 6.42 Å². The first-order valence-electron chi connectivity index (χ1n) is 2.58. The van der Waals surface area contributed by atoms with Gasteiger partial charge in [0, 0.05) is 0 Å². The van der Waals surface area contributed by atoms with Crippen molar-refractivity contribution < 1.29 is 13.5 Å². The number of aliphatic hydroxyl groups excluding tert-OH is 1. The highest BCUT2D eigenvalue weighted by atomic mass is 79.9. The summed E-state index contributed by atoms with van der Waals surface area (Å²) in [5.41, 5.74) is 0. The van der Waals surface area contributed by atoms with Crippen LogP contribution >= 0.6 is 15.9 Å². The number of rotatable bonds is 0. The molecule has 1 aliphatic rings. The fourth-order valence-corrected chi connectivity index (χ4v) is 3.00.